The molecule has 1 heterocycles. The molecule has 1 aliphatic heterocycles. The van der Waals surface area contributed by atoms with Crippen molar-refractivity contribution in [3.8, 4) is 0 Å². The number of likely N-dealkylation sites (tertiary alicyclic amines) is 1. The summed E-state index contributed by atoms with van der Waals surface area (Å²) in [6, 6.07) is 0. The molecule has 1 rings (SSSR count). The van der Waals surface area contributed by atoms with Crippen LogP contribution in [0.15, 0.2) is 0 Å². The van der Waals surface area contributed by atoms with Gasteiger partial charge in [-0.1, -0.05) is 156 Å². The van der Waals surface area contributed by atoms with Crippen molar-refractivity contribution >= 4 is 18.0 Å². The summed E-state index contributed by atoms with van der Waals surface area (Å²) in [5.74, 6) is 0.859. The van der Waals surface area contributed by atoms with Gasteiger partial charge < -0.3 is 19.1 Å². The highest BCUT2D eigenvalue weighted by Crippen LogP contribution is 2.25. The van der Waals surface area contributed by atoms with Gasteiger partial charge >= 0.3 is 18.0 Å². The van der Waals surface area contributed by atoms with E-state index in [-0.39, 0.29) is 23.9 Å². The number of unbranched alkanes of at least 4 members (excludes halogenated alkanes) is 16. The molecule has 0 aromatic heterocycles. The van der Waals surface area contributed by atoms with Crippen LogP contribution in [0.25, 0.3) is 0 Å². The number of carbonyl (C=O) groups excluding carboxylic acids is 3. The Morgan fingerprint density at radius 1 is 0.585 bits per heavy atom. The van der Waals surface area contributed by atoms with Gasteiger partial charge in [-0.15, -0.1) is 0 Å². The summed E-state index contributed by atoms with van der Waals surface area (Å²) >= 11 is 0. The maximum atomic E-state index is 13.2. The highest BCUT2D eigenvalue weighted by molar-refractivity contribution is 5.73. The van der Waals surface area contributed by atoms with E-state index >= 15 is 0 Å². The Morgan fingerprint density at radius 3 is 1.64 bits per heavy atom. The van der Waals surface area contributed by atoms with Crippen LogP contribution in [0.5, 0.6) is 0 Å². The number of hydrogen-bond donors (Lipinski definition) is 0. The minimum Gasteiger partial charge on any atom is -0.466 e. The van der Waals surface area contributed by atoms with Gasteiger partial charge in [0.15, 0.2) is 0 Å². The molecule has 1 fully saturated rings. The number of ether oxygens (including phenoxy) is 3. The third-order valence-electron chi connectivity index (χ3n) is 11.1. The van der Waals surface area contributed by atoms with Crippen molar-refractivity contribution in [2.45, 2.75) is 233 Å². The zero-order chi connectivity index (χ0) is 39.0. The molecule has 312 valence electrons. The molecule has 0 saturated carbocycles. The lowest BCUT2D eigenvalue weighted by Crippen LogP contribution is -2.37. The van der Waals surface area contributed by atoms with Crippen molar-refractivity contribution in [1.29, 1.82) is 0 Å². The number of hydrogen-bond acceptors (Lipinski definition) is 6. The predicted octanol–water partition coefficient (Wildman–Crippen LogP) is 13.5. The van der Waals surface area contributed by atoms with E-state index in [1.54, 1.807) is 4.90 Å². The molecule has 0 bridgehead atoms. The van der Waals surface area contributed by atoms with Crippen LogP contribution in [0.2, 0.25) is 0 Å². The van der Waals surface area contributed by atoms with Crippen molar-refractivity contribution in [1.82, 2.24) is 4.90 Å². The van der Waals surface area contributed by atoms with E-state index in [4.69, 9.17) is 14.2 Å². The van der Waals surface area contributed by atoms with Crippen LogP contribution in [0, 0.1) is 17.8 Å². The summed E-state index contributed by atoms with van der Waals surface area (Å²) in [5, 5.41) is 0. The molecular weight excluding hydrogens is 663 g/mol. The zero-order valence-electron chi connectivity index (χ0n) is 36.0. The highest BCUT2D eigenvalue weighted by Gasteiger charge is 2.29. The normalized spacial score (nSPS) is 15.7. The molecule has 2 unspecified atom stereocenters. The van der Waals surface area contributed by atoms with Gasteiger partial charge in [0.05, 0.1) is 19.1 Å². The lowest BCUT2D eigenvalue weighted by molar-refractivity contribution is -0.150. The fourth-order valence-corrected chi connectivity index (χ4v) is 7.66. The minimum atomic E-state index is -0.522. The molecule has 0 aromatic carbocycles. The number of rotatable bonds is 32. The second-order valence-electron chi connectivity index (χ2n) is 17.4. The van der Waals surface area contributed by atoms with Crippen molar-refractivity contribution in [3.05, 3.63) is 0 Å². The summed E-state index contributed by atoms with van der Waals surface area (Å²) in [6.07, 6.45) is 33.1. The predicted molar refractivity (Wildman–Crippen MR) is 221 cm³/mol. The molecule has 53 heavy (non-hydrogen) atoms. The first-order valence-corrected chi connectivity index (χ1v) is 22.9. The molecule has 0 aromatic rings. The molecule has 1 saturated heterocycles. The monoisotopic (exact) mass is 750 g/mol. The topological polar surface area (TPSA) is 82.1 Å². The van der Waals surface area contributed by atoms with Gasteiger partial charge in [0.25, 0.3) is 0 Å². The Bertz CT molecular complexity index is 891. The zero-order valence-corrected chi connectivity index (χ0v) is 36.0. The van der Waals surface area contributed by atoms with Crippen LogP contribution in [-0.2, 0) is 23.8 Å². The maximum Gasteiger partial charge on any atom is 0.410 e. The van der Waals surface area contributed by atoms with Crippen LogP contribution >= 0.6 is 0 Å². The lowest BCUT2D eigenvalue weighted by atomic mass is 9.92. The SMILES string of the molecule is CCCCCCCCCCC(CCCCCCCCC(=O)OCCC(CCCCC)CCCCC)COC(=O)C1CCCN(C(=O)OC(C)(C)C)CC1. The van der Waals surface area contributed by atoms with E-state index in [0.29, 0.717) is 51.0 Å². The van der Waals surface area contributed by atoms with Crippen molar-refractivity contribution in [2.75, 3.05) is 26.3 Å². The number of esters is 2. The lowest BCUT2D eigenvalue weighted by Gasteiger charge is -2.26. The van der Waals surface area contributed by atoms with Gasteiger partial charge in [-0.05, 0) is 77.6 Å². The summed E-state index contributed by atoms with van der Waals surface area (Å²) in [7, 11) is 0. The van der Waals surface area contributed by atoms with Crippen molar-refractivity contribution < 1.29 is 28.6 Å². The van der Waals surface area contributed by atoms with E-state index in [1.807, 2.05) is 20.8 Å². The third-order valence-corrected chi connectivity index (χ3v) is 11.1. The molecule has 0 N–H and O–H groups in total. The van der Waals surface area contributed by atoms with Crippen LogP contribution in [0.3, 0.4) is 0 Å². The van der Waals surface area contributed by atoms with Gasteiger partial charge in [0.2, 0.25) is 0 Å². The quantitative estimate of drug-likeness (QED) is 0.0387. The van der Waals surface area contributed by atoms with Gasteiger partial charge in [-0.25, -0.2) is 4.79 Å². The Labute approximate surface area is 328 Å². The van der Waals surface area contributed by atoms with Gasteiger partial charge in [-0.3, -0.25) is 9.59 Å². The standard InChI is InChI=1S/C46H87NO6/c1-7-10-13-14-15-16-19-24-30-41(39-52-44(49)42-32-27-36-47(37-34-42)45(50)53-46(4,5)6)31-25-20-17-18-21-26-33-43(48)51-38-35-40(28-22-11-8-2)29-23-12-9-3/h40-42H,7-39H2,1-6H3. The van der Waals surface area contributed by atoms with E-state index in [0.717, 1.165) is 57.8 Å². The van der Waals surface area contributed by atoms with Gasteiger partial charge in [-0.2, -0.15) is 0 Å². The fourth-order valence-electron chi connectivity index (χ4n) is 7.66. The first-order valence-electron chi connectivity index (χ1n) is 22.9. The smallest absolute Gasteiger partial charge is 0.410 e. The van der Waals surface area contributed by atoms with Crippen molar-refractivity contribution in [3.63, 3.8) is 0 Å². The van der Waals surface area contributed by atoms with Crippen LogP contribution in [-0.4, -0.2) is 54.8 Å². The average Bonchev–Trinajstić information content (AvgIpc) is 3.38. The maximum absolute atomic E-state index is 13.2. The van der Waals surface area contributed by atoms with E-state index in [9.17, 15) is 14.4 Å². The number of nitrogens with zero attached hydrogens (tertiary/aromatic N) is 1. The van der Waals surface area contributed by atoms with Gasteiger partial charge in [0.1, 0.15) is 5.60 Å². The molecule has 0 aliphatic carbocycles. The summed E-state index contributed by atoms with van der Waals surface area (Å²) in [4.78, 5) is 39.9. The highest BCUT2D eigenvalue weighted by atomic mass is 16.6. The third kappa shape index (κ3) is 28.3. The Hall–Kier alpha value is -1.79. The van der Waals surface area contributed by atoms with E-state index < -0.39 is 5.60 Å². The number of carbonyl (C=O) groups is 3. The summed E-state index contributed by atoms with van der Waals surface area (Å²) in [5.41, 5.74) is -0.522. The first-order chi connectivity index (χ1) is 25.6. The van der Waals surface area contributed by atoms with Crippen LogP contribution in [0.1, 0.15) is 228 Å². The molecule has 7 heteroatoms. The first kappa shape index (κ1) is 49.2. The average molecular weight is 750 g/mol. The number of amides is 1. The summed E-state index contributed by atoms with van der Waals surface area (Å²) in [6.45, 7) is 14.7. The Balaban J connectivity index is 2.37. The molecule has 2 atom stereocenters. The second kappa shape index (κ2) is 32.5. The van der Waals surface area contributed by atoms with Gasteiger partial charge in [0, 0.05) is 19.5 Å². The summed E-state index contributed by atoms with van der Waals surface area (Å²) < 4.78 is 17.2. The Kier molecular flexibility index (Phi) is 30.1. The second-order valence-corrected chi connectivity index (χ2v) is 17.4. The molecule has 0 radical (unpaired) electrons. The Morgan fingerprint density at radius 2 is 1.08 bits per heavy atom. The van der Waals surface area contributed by atoms with E-state index in [2.05, 4.69) is 20.8 Å². The minimum absolute atomic E-state index is 0.0200. The van der Waals surface area contributed by atoms with Crippen molar-refractivity contribution in [2.24, 2.45) is 17.8 Å². The molecular formula is C46H87NO6. The fraction of sp³-hybridized carbons (Fsp3) is 0.935. The van der Waals surface area contributed by atoms with Crippen LogP contribution in [0.4, 0.5) is 4.79 Å². The molecule has 1 amide bonds. The molecule has 7 nitrogen and oxygen atoms in total. The molecule has 0 spiro atoms. The molecule has 1 aliphatic rings. The van der Waals surface area contributed by atoms with E-state index in [1.165, 1.54) is 116 Å². The largest absolute Gasteiger partial charge is 0.466 e. The van der Waals surface area contributed by atoms with Crippen LogP contribution < -0.4 is 0 Å².